The van der Waals surface area contributed by atoms with Crippen LogP contribution in [0.3, 0.4) is 0 Å². The Hall–Kier alpha value is -1.11. The molecule has 1 rings (SSSR count). The van der Waals surface area contributed by atoms with Gasteiger partial charge in [-0.1, -0.05) is 15.9 Å². The summed E-state index contributed by atoms with van der Waals surface area (Å²) in [6.07, 6.45) is -0.938. The zero-order valence-electron chi connectivity index (χ0n) is 9.40. The Balaban J connectivity index is 2.48. The third kappa shape index (κ3) is 4.72. The predicted octanol–water partition coefficient (Wildman–Crippen LogP) is 1.23. The summed E-state index contributed by atoms with van der Waals surface area (Å²) in [6.45, 7) is 1.55. The second kappa shape index (κ2) is 6.58. The molecule has 0 aliphatic carbocycles. The van der Waals surface area contributed by atoms with Gasteiger partial charge in [0.05, 0.1) is 12.7 Å². The molecule has 0 spiro atoms. The Morgan fingerprint density at radius 1 is 1.53 bits per heavy atom. The minimum absolute atomic E-state index is 0.0117. The lowest BCUT2D eigenvalue weighted by molar-refractivity contribution is 0.0965. The Morgan fingerprint density at radius 3 is 2.82 bits per heavy atom. The second-order valence-electron chi connectivity index (χ2n) is 3.64. The number of hydrogen-bond acceptors (Lipinski definition) is 3. The van der Waals surface area contributed by atoms with Crippen LogP contribution in [0.5, 0.6) is 0 Å². The van der Waals surface area contributed by atoms with Crippen LogP contribution in [0.15, 0.2) is 22.7 Å². The van der Waals surface area contributed by atoms with E-state index in [4.69, 9.17) is 10.2 Å². The second-order valence-corrected chi connectivity index (χ2v) is 4.49. The number of hydrogen-bond donors (Lipinski definition) is 4. The van der Waals surface area contributed by atoms with Crippen LogP contribution >= 0.6 is 15.9 Å². The largest absolute Gasteiger partial charge is 0.394 e. The Morgan fingerprint density at radius 2 is 2.24 bits per heavy atom. The molecule has 94 valence electrons. The van der Waals surface area contributed by atoms with E-state index >= 15 is 0 Å². The van der Waals surface area contributed by atoms with Crippen LogP contribution in [0.4, 0.5) is 10.5 Å². The van der Waals surface area contributed by atoms with E-state index in [9.17, 15) is 4.79 Å². The molecule has 1 aromatic carbocycles. The Bertz CT molecular complexity index is 398. The highest BCUT2D eigenvalue weighted by molar-refractivity contribution is 9.10. The Labute approximate surface area is 108 Å². The number of aliphatic hydroxyl groups excluding tert-OH is 2. The first kappa shape index (κ1) is 14.0. The highest BCUT2D eigenvalue weighted by Crippen LogP contribution is 2.19. The van der Waals surface area contributed by atoms with E-state index in [1.807, 2.05) is 19.1 Å². The summed E-state index contributed by atoms with van der Waals surface area (Å²) in [5.41, 5.74) is 1.68. The summed E-state index contributed by atoms with van der Waals surface area (Å²) in [5, 5.41) is 22.7. The Kier molecular flexibility index (Phi) is 5.40. The molecule has 5 nitrogen and oxygen atoms in total. The van der Waals surface area contributed by atoms with Crippen LogP contribution in [0, 0.1) is 6.92 Å². The van der Waals surface area contributed by atoms with Gasteiger partial charge in [-0.25, -0.2) is 4.79 Å². The number of rotatable bonds is 4. The topological polar surface area (TPSA) is 81.6 Å². The molecule has 0 heterocycles. The van der Waals surface area contributed by atoms with Crippen molar-refractivity contribution in [1.29, 1.82) is 0 Å². The van der Waals surface area contributed by atoms with Crippen molar-refractivity contribution in [1.82, 2.24) is 5.32 Å². The van der Waals surface area contributed by atoms with Crippen molar-refractivity contribution in [2.24, 2.45) is 0 Å². The van der Waals surface area contributed by atoms with Crippen molar-refractivity contribution in [2.75, 3.05) is 18.5 Å². The highest BCUT2D eigenvalue weighted by atomic mass is 79.9. The summed E-state index contributed by atoms with van der Waals surface area (Å²) >= 11 is 3.37. The van der Waals surface area contributed by atoms with E-state index in [0.717, 1.165) is 10.0 Å². The summed E-state index contributed by atoms with van der Waals surface area (Å²) in [6, 6.07) is 5.01. The van der Waals surface area contributed by atoms with Gasteiger partial charge in [-0.3, -0.25) is 0 Å². The number of aryl methyl sites for hydroxylation is 1. The summed E-state index contributed by atoms with van der Waals surface area (Å²) in [5.74, 6) is 0. The number of carbonyl (C=O) groups is 1. The summed E-state index contributed by atoms with van der Waals surface area (Å²) < 4.78 is 0.971. The fourth-order valence-corrected chi connectivity index (χ4v) is 1.42. The van der Waals surface area contributed by atoms with Crippen LogP contribution in [0.25, 0.3) is 0 Å². The molecule has 0 saturated carbocycles. The minimum atomic E-state index is -0.938. The number of amides is 2. The van der Waals surface area contributed by atoms with Gasteiger partial charge in [-0.15, -0.1) is 0 Å². The third-order valence-corrected chi connectivity index (χ3v) is 3.01. The number of urea groups is 1. The maximum absolute atomic E-state index is 11.4. The number of carbonyl (C=O) groups excluding carboxylic acids is 1. The molecule has 6 heteroatoms. The smallest absolute Gasteiger partial charge is 0.319 e. The van der Waals surface area contributed by atoms with Crippen molar-refractivity contribution in [2.45, 2.75) is 13.0 Å². The molecule has 1 aromatic rings. The van der Waals surface area contributed by atoms with Crippen LogP contribution in [0.1, 0.15) is 5.56 Å². The van der Waals surface area contributed by atoms with Crippen LogP contribution in [-0.4, -0.2) is 35.5 Å². The zero-order chi connectivity index (χ0) is 12.8. The maximum atomic E-state index is 11.4. The first-order valence-electron chi connectivity index (χ1n) is 5.13. The number of halogens is 1. The van der Waals surface area contributed by atoms with Gasteiger partial charge in [0.1, 0.15) is 0 Å². The molecule has 1 atom stereocenters. The first-order chi connectivity index (χ1) is 8.02. The molecular formula is C11H15BrN2O3. The lowest BCUT2D eigenvalue weighted by Gasteiger charge is -2.11. The molecule has 0 aromatic heterocycles. The summed E-state index contributed by atoms with van der Waals surface area (Å²) in [4.78, 5) is 11.4. The molecule has 0 bridgehead atoms. The number of aliphatic hydroxyl groups is 2. The molecule has 1 unspecified atom stereocenters. The van der Waals surface area contributed by atoms with Crippen LogP contribution in [-0.2, 0) is 0 Å². The van der Waals surface area contributed by atoms with E-state index < -0.39 is 12.1 Å². The molecule has 2 amide bonds. The van der Waals surface area contributed by atoms with Crippen LogP contribution in [0.2, 0.25) is 0 Å². The van der Waals surface area contributed by atoms with E-state index in [1.54, 1.807) is 6.07 Å². The van der Waals surface area contributed by atoms with Gasteiger partial charge in [-0.2, -0.15) is 0 Å². The van der Waals surface area contributed by atoms with Crippen molar-refractivity contribution < 1.29 is 15.0 Å². The van der Waals surface area contributed by atoms with Gasteiger partial charge < -0.3 is 20.8 Å². The van der Waals surface area contributed by atoms with E-state index in [-0.39, 0.29) is 13.2 Å². The monoisotopic (exact) mass is 302 g/mol. The average Bonchev–Trinajstić information content (AvgIpc) is 2.31. The number of nitrogens with one attached hydrogen (secondary N) is 2. The number of anilines is 1. The molecular weight excluding hydrogens is 288 g/mol. The molecule has 0 saturated heterocycles. The number of benzene rings is 1. The highest BCUT2D eigenvalue weighted by Gasteiger charge is 2.06. The molecule has 17 heavy (non-hydrogen) atoms. The summed E-state index contributed by atoms with van der Waals surface area (Å²) in [7, 11) is 0. The molecule has 0 aliphatic heterocycles. The molecule has 4 N–H and O–H groups in total. The van der Waals surface area contributed by atoms with Crippen molar-refractivity contribution >= 4 is 27.6 Å². The lowest BCUT2D eigenvalue weighted by atomic mass is 10.2. The van der Waals surface area contributed by atoms with Gasteiger partial charge in [0.2, 0.25) is 0 Å². The minimum Gasteiger partial charge on any atom is -0.394 e. The lowest BCUT2D eigenvalue weighted by Crippen LogP contribution is -2.36. The quantitative estimate of drug-likeness (QED) is 0.675. The molecule has 0 radical (unpaired) electrons. The van der Waals surface area contributed by atoms with E-state index in [1.165, 1.54) is 0 Å². The van der Waals surface area contributed by atoms with E-state index in [2.05, 4.69) is 26.6 Å². The van der Waals surface area contributed by atoms with Crippen molar-refractivity contribution in [3.05, 3.63) is 28.2 Å². The van der Waals surface area contributed by atoms with Gasteiger partial charge >= 0.3 is 6.03 Å². The third-order valence-electron chi connectivity index (χ3n) is 2.12. The zero-order valence-corrected chi connectivity index (χ0v) is 11.0. The molecule has 0 fully saturated rings. The predicted molar refractivity (Wildman–Crippen MR) is 69.0 cm³/mol. The molecule has 0 aliphatic rings. The maximum Gasteiger partial charge on any atom is 0.319 e. The van der Waals surface area contributed by atoms with Gasteiger partial charge in [0, 0.05) is 16.7 Å². The average molecular weight is 303 g/mol. The van der Waals surface area contributed by atoms with Crippen LogP contribution < -0.4 is 10.6 Å². The SMILES string of the molecule is Cc1cc(NC(=O)NCC(O)CO)ccc1Br. The fourth-order valence-electron chi connectivity index (χ4n) is 1.17. The van der Waals surface area contributed by atoms with Crippen molar-refractivity contribution in [3.63, 3.8) is 0 Å². The first-order valence-corrected chi connectivity index (χ1v) is 5.92. The van der Waals surface area contributed by atoms with Gasteiger partial charge in [-0.05, 0) is 30.7 Å². The van der Waals surface area contributed by atoms with Gasteiger partial charge in [0.15, 0.2) is 0 Å². The fraction of sp³-hybridized carbons (Fsp3) is 0.364. The van der Waals surface area contributed by atoms with E-state index in [0.29, 0.717) is 5.69 Å². The normalized spacial score (nSPS) is 12.0. The van der Waals surface area contributed by atoms with Gasteiger partial charge in [0.25, 0.3) is 0 Å². The van der Waals surface area contributed by atoms with Crippen molar-refractivity contribution in [3.8, 4) is 0 Å². The standard InChI is InChI=1S/C11H15BrN2O3/c1-7-4-8(2-3-10(7)12)14-11(17)13-5-9(16)6-15/h2-4,9,15-16H,5-6H2,1H3,(H2,13,14,17).